The van der Waals surface area contributed by atoms with E-state index < -0.39 is 0 Å². The van der Waals surface area contributed by atoms with Crippen LogP contribution in [0, 0.1) is 5.92 Å². The number of hydrogen-bond donors (Lipinski definition) is 1. The number of rotatable bonds is 3. The van der Waals surface area contributed by atoms with Crippen molar-refractivity contribution in [3.8, 4) is 0 Å². The van der Waals surface area contributed by atoms with Gasteiger partial charge in [0.1, 0.15) is 10.7 Å². The van der Waals surface area contributed by atoms with Crippen LogP contribution in [0.3, 0.4) is 0 Å². The first kappa shape index (κ1) is 16.8. The molecule has 2 atom stereocenters. The first-order valence-corrected chi connectivity index (χ1v) is 9.60. The molecule has 25 heavy (non-hydrogen) atoms. The average Bonchev–Trinajstić information content (AvgIpc) is 2.66. The van der Waals surface area contributed by atoms with E-state index in [9.17, 15) is 9.59 Å². The highest BCUT2D eigenvalue weighted by Crippen LogP contribution is 2.32. The Hall–Kier alpha value is -1.65. The van der Waals surface area contributed by atoms with E-state index in [-0.39, 0.29) is 22.3 Å². The lowest BCUT2D eigenvalue weighted by Gasteiger charge is -2.44. The highest BCUT2D eigenvalue weighted by molar-refractivity contribution is 6.49. The van der Waals surface area contributed by atoms with Gasteiger partial charge >= 0.3 is 0 Å². The van der Waals surface area contributed by atoms with E-state index in [4.69, 9.17) is 11.6 Å². The number of carbonyl (C=O) groups excluding carboxylic acids is 2. The van der Waals surface area contributed by atoms with E-state index in [1.165, 1.54) is 38.8 Å². The molecule has 0 amide bonds. The largest absolute Gasteiger partial charge is 0.380 e. The summed E-state index contributed by atoms with van der Waals surface area (Å²) in [5.74, 6) is 0.0740. The molecule has 4 rings (SSSR count). The number of piperidine rings is 2. The highest BCUT2D eigenvalue weighted by atomic mass is 35.5. The maximum atomic E-state index is 12.8. The number of fused-ring (bicyclic) bond motifs is 2. The van der Waals surface area contributed by atoms with Crippen molar-refractivity contribution in [3.63, 3.8) is 0 Å². The van der Waals surface area contributed by atoms with Crippen LogP contribution in [-0.2, 0) is 0 Å². The topological polar surface area (TPSA) is 49.4 Å². The molecule has 0 spiro atoms. The number of ketones is 2. The quantitative estimate of drug-likeness (QED) is 0.900. The van der Waals surface area contributed by atoms with Crippen LogP contribution in [0.4, 0.5) is 0 Å². The zero-order valence-electron chi connectivity index (χ0n) is 14.3. The van der Waals surface area contributed by atoms with E-state index in [1.54, 1.807) is 24.3 Å². The maximum absolute atomic E-state index is 12.8. The van der Waals surface area contributed by atoms with Crippen molar-refractivity contribution >= 4 is 23.2 Å². The van der Waals surface area contributed by atoms with E-state index in [2.05, 4.69) is 10.2 Å². The summed E-state index contributed by atoms with van der Waals surface area (Å²) in [6.45, 7) is 3.08. The van der Waals surface area contributed by atoms with Crippen LogP contribution in [0.5, 0.6) is 0 Å². The second-order valence-corrected chi connectivity index (χ2v) is 7.65. The van der Waals surface area contributed by atoms with E-state index in [1.807, 2.05) is 0 Å². The van der Waals surface area contributed by atoms with Crippen LogP contribution in [-0.4, -0.2) is 42.1 Å². The Bertz CT molecular complexity index is 741. The summed E-state index contributed by atoms with van der Waals surface area (Å²) in [4.78, 5) is 27.8. The summed E-state index contributed by atoms with van der Waals surface area (Å²) < 4.78 is 0. The molecule has 1 N–H and O–H groups in total. The monoisotopic (exact) mass is 358 g/mol. The molecule has 0 unspecified atom stereocenters. The predicted octanol–water partition coefficient (Wildman–Crippen LogP) is 3.37. The van der Waals surface area contributed by atoms with Gasteiger partial charge in [0.2, 0.25) is 11.6 Å². The fourth-order valence-corrected chi connectivity index (χ4v) is 4.81. The third-order valence-corrected chi connectivity index (χ3v) is 6.19. The number of hydrogen-bond acceptors (Lipinski definition) is 4. The average molecular weight is 359 g/mol. The van der Waals surface area contributed by atoms with Gasteiger partial charge in [-0.2, -0.15) is 0 Å². The van der Waals surface area contributed by atoms with E-state index in [0.717, 1.165) is 6.42 Å². The van der Waals surface area contributed by atoms with Crippen LogP contribution >= 0.6 is 11.6 Å². The van der Waals surface area contributed by atoms with Crippen molar-refractivity contribution in [2.75, 3.05) is 19.6 Å². The summed E-state index contributed by atoms with van der Waals surface area (Å²) in [5, 5.41) is 3.27. The molecular formula is C20H23ClN2O2. The van der Waals surface area contributed by atoms with Gasteiger partial charge in [0.25, 0.3) is 0 Å². The molecule has 0 bridgehead atoms. The molecule has 1 aromatic rings. The molecule has 132 valence electrons. The molecule has 2 heterocycles. The van der Waals surface area contributed by atoms with Crippen LogP contribution in [0.1, 0.15) is 52.8 Å². The molecule has 1 aliphatic carbocycles. The lowest BCUT2D eigenvalue weighted by molar-refractivity contribution is 0.0602. The minimum absolute atomic E-state index is 0.0278. The second-order valence-electron chi connectivity index (χ2n) is 7.28. The number of nitrogens with zero attached hydrogens (tertiary/aromatic N) is 1. The Labute approximate surface area is 153 Å². The molecule has 3 aliphatic rings. The first-order chi connectivity index (χ1) is 12.2. The fraction of sp³-hybridized carbons (Fsp3) is 0.500. The van der Waals surface area contributed by atoms with E-state index >= 15 is 0 Å². The maximum Gasteiger partial charge on any atom is 0.211 e. The van der Waals surface area contributed by atoms with Crippen molar-refractivity contribution < 1.29 is 9.59 Å². The first-order valence-electron chi connectivity index (χ1n) is 9.23. The molecule has 5 heteroatoms. The Morgan fingerprint density at radius 2 is 1.72 bits per heavy atom. The minimum Gasteiger partial charge on any atom is -0.380 e. The SMILES string of the molecule is O=C1C(Cl)=C(NC[C@@H]2CCCN3CCCC[C@H]23)C(=O)c2ccccc21. The number of allylic oxidation sites excluding steroid dienone is 2. The molecule has 1 aromatic carbocycles. The number of carbonyl (C=O) groups is 2. The van der Waals surface area contributed by atoms with Gasteiger partial charge in [-0.1, -0.05) is 42.3 Å². The van der Waals surface area contributed by atoms with E-state index in [0.29, 0.717) is 29.6 Å². The molecule has 2 aliphatic heterocycles. The van der Waals surface area contributed by atoms with Crippen LogP contribution in [0.25, 0.3) is 0 Å². The summed E-state index contributed by atoms with van der Waals surface area (Å²) in [6.07, 6.45) is 6.17. The van der Waals surface area contributed by atoms with Gasteiger partial charge in [0.05, 0.1) is 0 Å². The lowest BCUT2D eigenvalue weighted by atomic mass is 9.83. The van der Waals surface area contributed by atoms with Crippen molar-refractivity contribution in [3.05, 3.63) is 46.1 Å². The van der Waals surface area contributed by atoms with Gasteiger partial charge in [0.15, 0.2) is 0 Å². The van der Waals surface area contributed by atoms with Crippen molar-refractivity contribution in [2.45, 2.75) is 38.1 Å². The van der Waals surface area contributed by atoms with Gasteiger partial charge in [-0.15, -0.1) is 0 Å². The van der Waals surface area contributed by atoms with Gasteiger partial charge < -0.3 is 10.2 Å². The number of Topliss-reactive ketones (excluding diaryl/α,β-unsaturated/α-hetero) is 2. The Balaban J connectivity index is 1.51. The zero-order valence-corrected chi connectivity index (χ0v) is 15.0. The molecule has 2 fully saturated rings. The summed E-state index contributed by atoms with van der Waals surface area (Å²) in [6, 6.07) is 7.49. The van der Waals surface area contributed by atoms with Gasteiger partial charge in [-0.25, -0.2) is 0 Å². The van der Waals surface area contributed by atoms with Crippen molar-refractivity contribution in [1.82, 2.24) is 10.2 Å². The molecular weight excluding hydrogens is 336 g/mol. The molecule has 0 aromatic heterocycles. The predicted molar refractivity (Wildman–Crippen MR) is 97.9 cm³/mol. The standard InChI is InChI=1S/C20H23ClN2O2/c21-17-18(20(25)15-8-2-1-7-14(15)19(17)24)22-12-13-6-5-11-23-10-4-3-9-16(13)23/h1-2,7-8,13,16,22H,3-6,9-12H2/t13-,16+/m0/s1. The van der Waals surface area contributed by atoms with Crippen LogP contribution < -0.4 is 5.32 Å². The zero-order chi connectivity index (χ0) is 17.4. The Morgan fingerprint density at radius 1 is 1.00 bits per heavy atom. The minimum atomic E-state index is -0.262. The van der Waals surface area contributed by atoms with Gasteiger partial charge in [0, 0.05) is 23.7 Å². The molecule has 4 nitrogen and oxygen atoms in total. The molecule has 2 saturated heterocycles. The van der Waals surface area contributed by atoms with Crippen molar-refractivity contribution in [2.24, 2.45) is 5.92 Å². The highest BCUT2D eigenvalue weighted by Gasteiger charge is 2.35. The number of nitrogens with one attached hydrogen (secondary N) is 1. The third-order valence-electron chi connectivity index (χ3n) is 5.83. The Morgan fingerprint density at radius 3 is 2.52 bits per heavy atom. The van der Waals surface area contributed by atoms with Crippen LogP contribution in [0.2, 0.25) is 0 Å². The summed E-state index contributed by atoms with van der Waals surface area (Å²) in [7, 11) is 0. The molecule has 0 radical (unpaired) electrons. The third kappa shape index (κ3) is 3.02. The number of halogens is 1. The Kier molecular flexibility index (Phi) is 4.65. The fourth-order valence-electron chi connectivity index (χ4n) is 4.55. The number of benzene rings is 1. The summed E-state index contributed by atoms with van der Waals surface area (Å²) in [5.41, 5.74) is 1.12. The smallest absolute Gasteiger partial charge is 0.211 e. The lowest BCUT2D eigenvalue weighted by Crippen LogP contribution is -2.50. The van der Waals surface area contributed by atoms with Gasteiger partial charge in [-0.3, -0.25) is 9.59 Å². The molecule has 0 saturated carbocycles. The van der Waals surface area contributed by atoms with Crippen molar-refractivity contribution in [1.29, 1.82) is 0 Å². The van der Waals surface area contributed by atoms with Gasteiger partial charge in [-0.05, 0) is 44.7 Å². The van der Waals surface area contributed by atoms with Crippen LogP contribution in [0.15, 0.2) is 35.0 Å². The normalized spacial score (nSPS) is 27.1. The summed E-state index contributed by atoms with van der Waals surface area (Å²) >= 11 is 6.25. The second kappa shape index (κ2) is 6.93.